The van der Waals surface area contributed by atoms with Gasteiger partial charge in [-0.15, -0.1) is 0 Å². The molecule has 14 rings (SSSR count). The molecule has 0 saturated carbocycles. The Hall–Kier alpha value is -8.78. The van der Waals surface area contributed by atoms with Crippen LogP contribution in [0.15, 0.2) is 273 Å². The molecule has 3 aliphatic carbocycles. The van der Waals surface area contributed by atoms with E-state index in [1.54, 1.807) is 0 Å². The summed E-state index contributed by atoms with van der Waals surface area (Å²) >= 11 is 0. The fourth-order valence-corrected chi connectivity index (χ4v) is 12.6. The van der Waals surface area contributed by atoms with E-state index in [4.69, 9.17) is 0 Å². The van der Waals surface area contributed by atoms with E-state index in [0.29, 0.717) is 0 Å². The maximum atomic E-state index is 2.54. The molecular weight excluding hydrogens is 831 g/mol. The van der Waals surface area contributed by atoms with Gasteiger partial charge in [0, 0.05) is 16.9 Å². The molecule has 1 heteroatoms. The lowest BCUT2D eigenvalue weighted by atomic mass is 9.68. The first kappa shape index (κ1) is 39.4. The van der Waals surface area contributed by atoms with Crippen LogP contribution >= 0.6 is 0 Å². The molecule has 0 saturated heterocycles. The second-order valence-electron chi connectivity index (χ2n) is 18.7. The predicted octanol–water partition coefficient (Wildman–Crippen LogP) is 17.2. The number of hydrogen-bond donors (Lipinski definition) is 0. The van der Waals surface area contributed by atoms with Crippen molar-refractivity contribution in [1.29, 1.82) is 0 Å². The maximum absolute atomic E-state index is 2.54. The van der Waals surface area contributed by atoms with Gasteiger partial charge in [0.25, 0.3) is 0 Å². The lowest BCUT2D eigenvalue weighted by Gasteiger charge is -2.35. The topological polar surface area (TPSA) is 3.24 Å². The van der Waals surface area contributed by atoms with Crippen LogP contribution in [0.5, 0.6) is 0 Å². The SMILES string of the molecule is c1ccc(-c2cccc(-c3ccc(N(c4ccc5c(c4)C4(c6ccccc6-c6ccccc64)c4ccccc4-5)c4cccc5c4-c4ccccc4C5(c4ccccc4)c4ccccc4)cc3)c2)cc1. The van der Waals surface area contributed by atoms with Crippen molar-refractivity contribution in [3.8, 4) is 55.6 Å². The zero-order valence-electron chi connectivity index (χ0n) is 37.9. The van der Waals surface area contributed by atoms with Gasteiger partial charge in [-0.05, 0) is 131 Å². The minimum absolute atomic E-state index is 0.477. The quantitative estimate of drug-likeness (QED) is 0.154. The Morgan fingerprint density at radius 2 is 0.638 bits per heavy atom. The van der Waals surface area contributed by atoms with Crippen molar-refractivity contribution < 1.29 is 0 Å². The molecule has 3 aliphatic rings. The highest BCUT2D eigenvalue weighted by molar-refractivity contribution is 6.00. The van der Waals surface area contributed by atoms with Gasteiger partial charge in [-0.2, -0.15) is 0 Å². The van der Waals surface area contributed by atoms with Crippen LogP contribution in [0, 0.1) is 0 Å². The molecule has 322 valence electrons. The summed E-state index contributed by atoms with van der Waals surface area (Å²) in [6, 6.07) is 102. The van der Waals surface area contributed by atoms with E-state index in [9.17, 15) is 0 Å². The van der Waals surface area contributed by atoms with Gasteiger partial charge in [0.1, 0.15) is 0 Å². The molecule has 0 radical (unpaired) electrons. The van der Waals surface area contributed by atoms with Crippen LogP contribution in [-0.4, -0.2) is 0 Å². The number of hydrogen-bond acceptors (Lipinski definition) is 1. The first-order chi connectivity index (χ1) is 34.2. The summed E-state index contributed by atoms with van der Waals surface area (Å²) in [7, 11) is 0. The van der Waals surface area contributed by atoms with Gasteiger partial charge in [0.15, 0.2) is 0 Å². The highest BCUT2D eigenvalue weighted by Crippen LogP contribution is 2.64. The van der Waals surface area contributed by atoms with Crippen molar-refractivity contribution in [3.05, 3.63) is 317 Å². The summed E-state index contributed by atoms with van der Waals surface area (Å²) < 4.78 is 0. The van der Waals surface area contributed by atoms with E-state index in [-0.39, 0.29) is 0 Å². The van der Waals surface area contributed by atoms with Crippen LogP contribution in [0.25, 0.3) is 55.6 Å². The summed E-state index contributed by atoms with van der Waals surface area (Å²) in [5, 5.41) is 0. The van der Waals surface area contributed by atoms with Crippen LogP contribution in [0.2, 0.25) is 0 Å². The van der Waals surface area contributed by atoms with Crippen LogP contribution in [0.1, 0.15) is 44.5 Å². The number of anilines is 3. The Balaban J connectivity index is 1.03. The zero-order valence-corrected chi connectivity index (χ0v) is 37.9. The van der Waals surface area contributed by atoms with Crippen molar-refractivity contribution in [2.45, 2.75) is 10.8 Å². The van der Waals surface area contributed by atoms with Gasteiger partial charge >= 0.3 is 0 Å². The molecule has 1 nitrogen and oxygen atoms in total. The summed E-state index contributed by atoms with van der Waals surface area (Å²) in [5.41, 5.74) is 25.2. The Morgan fingerprint density at radius 3 is 1.20 bits per heavy atom. The van der Waals surface area contributed by atoms with Crippen molar-refractivity contribution in [2.75, 3.05) is 4.90 Å². The van der Waals surface area contributed by atoms with Gasteiger partial charge in [-0.25, -0.2) is 0 Å². The molecule has 0 amide bonds. The van der Waals surface area contributed by atoms with E-state index in [1.807, 2.05) is 0 Å². The lowest BCUT2D eigenvalue weighted by Crippen LogP contribution is -2.28. The monoisotopic (exact) mass is 875 g/mol. The molecule has 0 aromatic heterocycles. The number of rotatable bonds is 7. The van der Waals surface area contributed by atoms with Gasteiger partial charge in [0.05, 0.1) is 16.5 Å². The predicted molar refractivity (Wildman–Crippen MR) is 286 cm³/mol. The first-order valence-corrected chi connectivity index (χ1v) is 24.1. The van der Waals surface area contributed by atoms with Crippen molar-refractivity contribution in [1.82, 2.24) is 0 Å². The standard InChI is InChI=1S/C68H45N/c1-4-20-46(21-5-1)48-22-18-23-49(44-48)47-38-40-52(41-39-47)69(65-37-19-36-63-66(65)58-31-13-17-35-62(58)67(63,50-24-6-2-7-25-50)51-26-8-3-9-27-51)53-42-43-57-56-30-12-16-34-61(56)68(64(57)45-53)59-32-14-10-28-54(59)55-29-11-15-33-60(55)68/h1-45H. The third kappa shape index (κ3) is 5.59. The first-order valence-electron chi connectivity index (χ1n) is 24.1. The van der Waals surface area contributed by atoms with E-state index >= 15 is 0 Å². The molecule has 69 heavy (non-hydrogen) atoms. The normalized spacial score (nSPS) is 13.7. The second kappa shape index (κ2) is 15.4. The van der Waals surface area contributed by atoms with Crippen LogP contribution in [0.3, 0.4) is 0 Å². The van der Waals surface area contributed by atoms with Crippen LogP contribution in [-0.2, 0) is 10.8 Å². The third-order valence-electron chi connectivity index (χ3n) is 15.4. The molecule has 0 fully saturated rings. The molecular formula is C68H45N. The van der Waals surface area contributed by atoms with Gasteiger partial charge in [0.2, 0.25) is 0 Å². The highest BCUT2D eigenvalue weighted by atomic mass is 15.1. The summed E-state index contributed by atoms with van der Waals surface area (Å²) in [6.45, 7) is 0. The number of nitrogens with zero attached hydrogens (tertiary/aromatic N) is 1. The van der Waals surface area contributed by atoms with Crippen LogP contribution in [0.4, 0.5) is 17.1 Å². The zero-order chi connectivity index (χ0) is 45.5. The van der Waals surface area contributed by atoms with E-state index < -0.39 is 10.8 Å². The number of benzene rings is 11. The van der Waals surface area contributed by atoms with Gasteiger partial charge < -0.3 is 4.90 Å². The van der Waals surface area contributed by atoms with E-state index in [2.05, 4.69) is 278 Å². The molecule has 0 unspecified atom stereocenters. The summed E-state index contributed by atoms with van der Waals surface area (Å²) in [5.74, 6) is 0. The second-order valence-corrected chi connectivity index (χ2v) is 18.7. The van der Waals surface area contributed by atoms with E-state index in [1.165, 1.54) is 100 Å². The molecule has 0 heterocycles. The van der Waals surface area contributed by atoms with E-state index in [0.717, 1.165) is 17.1 Å². The van der Waals surface area contributed by atoms with Crippen molar-refractivity contribution in [3.63, 3.8) is 0 Å². The smallest absolute Gasteiger partial charge is 0.0726 e. The molecule has 0 aliphatic heterocycles. The fraction of sp³-hybridized carbons (Fsp3) is 0.0294. The minimum atomic E-state index is -0.537. The molecule has 1 spiro atoms. The summed E-state index contributed by atoms with van der Waals surface area (Å²) in [6.07, 6.45) is 0. The lowest BCUT2D eigenvalue weighted by molar-refractivity contribution is 0.768. The Labute approximate surface area is 403 Å². The van der Waals surface area contributed by atoms with Crippen molar-refractivity contribution >= 4 is 17.1 Å². The Morgan fingerprint density at radius 1 is 0.232 bits per heavy atom. The summed E-state index contributed by atoms with van der Waals surface area (Å²) in [4.78, 5) is 2.54. The Bertz CT molecular complexity index is 3670. The third-order valence-corrected chi connectivity index (χ3v) is 15.4. The Kier molecular flexibility index (Phi) is 8.78. The van der Waals surface area contributed by atoms with Gasteiger partial charge in [-0.1, -0.05) is 237 Å². The number of fused-ring (bicyclic) bond motifs is 13. The molecule has 0 N–H and O–H groups in total. The van der Waals surface area contributed by atoms with Crippen molar-refractivity contribution in [2.24, 2.45) is 0 Å². The molecule has 0 bridgehead atoms. The molecule has 11 aromatic rings. The minimum Gasteiger partial charge on any atom is -0.310 e. The highest BCUT2D eigenvalue weighted by Gasteiger charge is 2.52. The van der Waals surface area contributed by atoms with Gasteiger partial charge in [-0.3, -0.25) is 0 Å². The average molecular weight is 876 g/mol. The largest absolute Gasteiger partial charge is 0.310 e. The maximum Gasteiger partial charge on any atom is 0.0726 e. The van der Waals surface area contributed by atoms with Crippen LogP contribution < -0.4 is 4.90 Å². The molecule has 0 atom stereocenters. The fourth-order valence-electron chi connectivity index (χ4n) is 12.6. The molecule has 11 aromatic carbocycles. The average Bonchev–Trinajstić information content (AvgIpc) is 4.02.